The van der Waals surface area contributed by atoms with Gasteiger partial charge >= 0.3 is 5.97 Å². The summed E-state index contributed by atoms with van der Waals surface area (Å²) in [5, 5.41) is 0. The van der Waals surface area contributed by atoms with E-state index in [2.05, 4.69) is 23.5 Å². The van der Waals surface area contributed by atoms with Gasteiger partial charge in [-0.3, -0.25) is 9.69 Å². The zero-order chi connectivity index (χ0) is 12.0. The van der Waals surface area contributed by atoms with Crippen molar-refractivity contribution in [2.75, 3.05) is 26.8 Å². The summed E-state index contributed by atoms with van der Waals surface area (Å²) in [5.74, 6) is -0.116. The van der Waals surface area contributed by atoms with Crippen molar-refractivity contribution in [3.63, 3.8) is 0 Å². The van der Waals surface area contributed by atoms with Crippen molar-refractivity contribution >= 4 is 5.97 Å². The third-order valence-corrected chi connectivity index (χ3v) is 3.11. The lowest BCUT2D eigenvalue weighted by molar-refractivity contribution is -0.140. The number of methoxy groups -OCH3 is 1. The van der Waals surface area contributed by atoms with Gasteiger partial charge in [0, 0.05) is 19.0 Å². The molecule has 16 heavy (non-hydrogen) atoms. The molecule has 0 amide bonds. The first kappa shape index (κ1) is 13.5. The summed E-state index contributed by atoms with van der Waals surface area (Å²) < 4.78 is 10.3. The minimum absolute atomic E-state index is 0.116. The van der Waals surface area contributed by atoms with Crippen molar-refractivity contribution in [3.8, 4) is 0 Å². The predicted octanol–water partition coefficient (Wildman–Crippen LogP) is 1.44. The Balaban J connectivity index is 2.29. The fourth-order valence-corrected chi connectivity index (χ4v) is 2.09. The first-order chi connectivity index (χ1) is 7.67. The smallest absolute Gasteiger partial charge is 0.305 e. The molecule has 0 aromatic carbocycles. The molecule has 0 saturated carbocycles. The molecule has 0 radical (unpaired) electrons. The first-order valence-corrected chi connectivity index (χ1v) is 6.09. The number of ether oxygens (including phenoxy) is 2. The van der Waals surface area contributed by atoms with Crippen molar-refractivity contribution in [2.45, 2.75) is 45.3 Å². The molecule has 0 bridgehead atoms. The average molecular weight is 229 g/mol. The topological polar surface area (TPSA) is 38.8 Å². The largest absolute Gasteiger partial charge is 0.469 e. The number of rotatable bonds is 5. The van der Waals surface area contributed by atoms with Gasteiger partial charge in [-0.05, 0) is 26.3 Å². The van der Waals surface area contributed by atoms with Crippen LogP contribution in [0.4, 0.5) is 0 Å². The highest BCUT2D eigenvalue weighted by Gasteiger charge is 2.24. The van der Waals surface area contributed by atoms with E-state index in [1.165, 1.54) is 7.11 Å². The molecule has 0 N–H and O–H groups in total. The summed E-state index contributed by atoms with van der Waals surface area (Å²) >= 11 is 0. The van der Waals surface area contributed by atoms with E-state index in [1.54, 1.807) is 0 Å². The molecule has 1 rings (SSSR count). The normalized spacial score (nSPS) is 26.7. The van der Waals surface area contributed by atoms with Crippen molar-refractivity contribution in [1.29, 1.82) is 0 Å². The van der Waals surface area contributed by atoms with E-state index in [-0.39, 0.29) is 5.97 Å². The molecule has 0 spiro atoms. The van der Waals surface area contributed by atoms with Crippen molar-refractivity contribution in [2.24, 2.45) is 0 Å². The van der Waals surface area contributed by atoms with Crippen LogP contribution in [0.3, 0.4) is 0 Å². The molecule has 94 valence electrons. The lowest BCUT2D eigenvalue weighted by Gasteiger charge is -2.38. The van der Waals surface area contributed by atoms with Gasteiger partial charge in [0.15, 0.2) is 0 Å². The van der Waals surface area contributed by atoms with Gasteiger partial charge in [0.1, 0.15) is 0 Å². The molecule has 0 aliphatic carbocycles. The fraction of sp³-hybridized carbons (Fsp3) is 0.917. The Kier molecular flexibility index (Phi) is 5.77. The zero-order valence-electron chi connectivity index (χ0n) is 10.6. The summed E-state index contributed by atoms with van der Waals surface area (Å²) in [6.07, 6.45) is 2.79. The lowest BCUT2D eigenvalue weighted by atomic mass is 10.1. The summed E-state index contributed by atoms with van der Waals surface area (Å²) in [5.41, 5.74) is 0. The number of hydrogen-bond acceptors (Lipinski definition) is 4. The highest BCUT2D eigenvalue weighted by molar-refractivity contribution is 5.69. The molecule has 2 atom stereocenters. The first-order valence-electron chi connectivity index (χ1n) is 6.09. The lowest BCUT2D eigenvalue weighted by Crippen LogP contribution is -2.48. The Morgan fingerprint density at radius 2 is 2.31 bits per heavy atom. The second-order valence-corrected chi connectivity index (χ2v) is 4.38. The minimum Gasteiger partial charge on any atom is -0.469 e. The fourth-order valence-electron chi connectivity index (χ4n) is 2.09. The Labute approximate surface area is 97.9 Å². The van der Waals surface area contributed by atoms with Crippen LogP contribution in [-0.2, 0) is 14.3 Å². The van der Waals surface area contributed by atoms with E-state index >= 15 is 0 Å². The van der Waals surface area contributed by atoms with Gasteiger partial charge in [-0.1, -0.05) is 6.92 Å². The molecule has 1 heterocycles. The summed E-state index contributed by atoms with van der Waals surface area (Å²) in [4.78, 5) is 13.4. The average Bonchev–Trinajstić information content (AvgIpc) is 2.29. The summed E-state index contributed by atoms with van der Waals surface area (Å²) in [6.45, 7) is 7.02. The molecule has 4 heteroatoms. The van der Waals surface area contributed by atoms with E-state index in [0.29, 0.717) is 18.6 Å². The van der Waals surface area contributed by atoms with Gasteiger partial charge in [0.2, 0.25) is 0 Å². The monoisotopic (exact) mass is 229 g/mol. The number of morpholine rings is 1. The van der Waals surface area contributed by atoms with Gasteiger partial charge < -0.3 is 9.47 Å². The Morgan fingerprint density at radius 1 is 1.56 bits per heavy atom. The zero-order valence-corrected chi connectivity index (χ0v) is 10.6. The number of hydrogen-bond donors (Lipinski definition) is 0. The maximum absolute atomic E-state index is 11.0. The SMILES string of the molecule is CCC1COC(C)CN1CCCC(=O)OC. The van der Waals surface area contributed by atoms with Crippen LogP contribution in [0.25, 0.3) is 0 Å². The van der Waals surface area contributed by atoms with Crippen molar-refractivity contribution in [1.82, 2.24) is 4.90 Å². The maximum atomic E-state index is 11.0. The van der Waals surface area contributed by atoms with Gasteiger partial charge in [0.25, 0.3) is 0 Å². The van der Waals surface area contributed by atoms with Gasteiger partial charge in [-0.15, -0.1) is 0 Å². The standard InChI is InChI=1S/C12H23NO3/c1-4-11-9-16-10(2)8-13(11)7-5-6-12(14)15-3/h10-11H,4-9H2,1-3H3. The molecule has 0 aromatic rings. The van der Waals surface area contributed by atoms with Gasteiger partial charge in [-0.25, -0.2) is 0 Å². The Morgan fingerprint density at radius 3 is 2.94 bits per heavy atom. The molecular weight excluding hydrogens is 206 g/mol. The van der Waals surface area contributed by atoms with Crippen molar-refractivity contribution < 1.29 is 14.3 Å². The van der Waals surface area contributed by atoms with Crippen LogP contribution in [0.15, 0.2) is 0 Å². The molecule has 1 aliphatic rings. The number of carbonyl (C=O) groups excluding carboxylic acids is 1. The maximum Gasteiger partial charge on any atom is 0.305 e. The Hall–Kier alpha value is -0.610. The van der Waals surface area contributed by atoms with E-state index in [1.807, 2.05) is 0 Å². The molecule has 1 aliphatic heterocycles. The second kappa shape index (κ2) is 6.86. The number of esters is 1. The van der Waals surface area contributed by atoms with E-state index in [9.17, 15) is 4.79 Å². The van der Waals surface area contributed by atoms with E-state index in [0.717, 1.165) is 32.5 Å². The summed E-state index contributed by atoms with van der Waals surface area (Å²) in [6, 6.07) is 0.508. The third-order valence-electron chi connectivity index (χ3n) is 3.11. The second-order valence-electron chi connectivity index (χ2n) is 4.38. The Bertz CT molecular complexity index is 220. The van der Waals surface area contributed by atoms with Crippen LogP contribution in [-0.4, -0.2) is 49.8 Å². The minimum atomic E-state index is -0.116. The van der Waals surface area contributed by atoms with Crippen LogP contribution >= 0.6 is 0 Å². The highest BCUT2D eigenvalue weighted by Crippen LogP contribution is 2.15. The van der Waals surface area contributed by atoms with Crippen LogP contribution in [0.5, 0.6) is 0 Å². The van der Waals surface area contributed by atoms with Crippen LogP contribution < -0.4 is 0 Å². The predicted molar refractivity (Wildman–Crippen MR) is 62.3 cm³/mol. The molecular formula is C12H23NO3. The van der Waals surface area contributed by atoms with Crippen LogP contribution in [0, 0.1) is 0 Å². The van der Waals surface area contributed by atoms with Crippen LogP contribution in [0.2, 0.25) is 0 Å². The number of nitrogens with zero attached hydrogens (tertiary/aromatic N) is 1. The molecule has 4 nitrogen and oxygen atoms in total. The molecule has 1 fully saturated rings. The molecule has 0 aromatic heterocycles. The number of carbonyl (C=O) groups is 1. The van der Waals surface area contributed by atoms with Gasteiger partial charge in [0.05, 0.1) is 19.8 Å². The van der Waals surface area contributed by atoms with E-state index in [4.69, 9.17) is 4.74 Å². The molecule has 1 saturated heterocycles. The van der Waals surface area contributed by atoms with Crippen LogP contribution in [0.1, 0.15) is 33.1 Å². The third kappa shape index (κ3) is 4.10. The van der Waals surface area contributed by atoms with Crippen molar-refractivity contribution in [3.05, 3.63) is 0 Å². The molecule has 2 unspecified atom stereocenters. The summed E-state index contributed by atoms with van der Waals surface area (Å²) in [7, 11) is 1.44. The quantitative estimate of drug-likeness (QED) is 0.669. The highest BCUT2D eigenvalue weighted by atomic mass is 16.5. The van der Waals surface area contributed by atoms with E-state index < -0.39 is 0 Å². The van der Waals surface area contributed by atoms with Gasteiger partial charge in [-0.2, -0.15) is 0 Å².